The van der Waals surface area contributed by atoms with Gasteiger partial charge in [0.2, 0.25) is 0 Å². The van der Waals surface area contributed by atoms with Crippen LogP contribution in [0, 0.1) is 17.3 Å². The van der Waals surface area contributed by atoms with Crippen molar-refractivity contribution in [3.8, 4) is 0 Å². The van der Waals surface area contributed by atoms with E-state index in [-0.39, 0.29) is 23.2 Å². The third kappa shape index (κ3) is 3.80. The van der Waals surface area contributed by atoms with Crippen LogP contribution in [-0.2, 0) is 14.3 Å². The van der Waals surface area contributed by atoms with E-state index in [1.165, 1.54) is 0 Å². The van der Waals surface area contributed by atoms with Gasteiger partial charge in [-0.3, -0.25) is 0 Å². The number of allylic oxidation sites excluding steroid dienone is 2. The molecule has 0 aromatic carbocycles. The zero-order chi connectivity index (χ0) is 17.9. The van der Waals surface area contributed by atoms with Gasteiger partial charge in [0.15, 0.2) is 0 Å². The van der Waals surface area contributed by atoms with Crippen molar-refractivity contribution >= 4 is 11.9 Å². The third-order valence-corrected chi connectivity index (χ3v) is 5.89. The van der Waals surface area contributed by atoms with Crippen molar-refractivity contribution in [2.24, 2.45) is 17.3 Å². The SMILES string of the molecule is C=C(C(=O)O)[C@@H]1CC[C@@]2(C)CCC=C(COC(=O)/C(C)=C/C)[C@@H]2C1. The molecule has 24 heavy (non-hydrogen) atoms. The highest BCUT2D eigenvalue weighted by atomic mass is 16.5. The summed E-state index contributed by atoms with van der Waals surface area (Å²) >= 11 is 0. The van der Waals surface area contributed by atoms with Crippen LogP contribution in [0.25, 0.3) is 0 Å². The van der Waals surface area contributed by atoms with Crippen molar-refractivity contribution in [3.05, 3.63) is 35.5 Å². The standard InChI is InChI=1S/C20H28O4/c1-5-13(2)19(23)24-12-16-7-6-9-20(4)10-8-15(11-17(16)20)14(3)18(21)22/h5,7,15,17H,3,6,8-12H2,1-2,4H3,(H,21,22)/b13-5+/t15-,17+,20-/m1/s1. The van der Waals surface area contributed by atoms with Crippen LogP contribution in [0.2, 0.25) is 0 Å². The maximum Gasteiger partial charge on any atom is 0.333 e. The Labute approximate surface area is 144 Å². The number of fused-ring (bicyclic) bond motifs is 1. The number of carbonyl (C=O) groups excluding carboxylic acids is 1. The average molecular weight is 332 g/mol. The molecule has 1 saturated carbocycles. The van der Waals surface area contributed by atoms with Crippen LogP contribution in [0.3, 0.4) is 0 Å². The van der Waals surface area contributed by atoms with Gasteiger partial charge in [0, 0.05) is 11.1 Å². The summed E-state index contributed by atoms with van der Waals surface area (Å²) in [6, 6.07) is 0. The molecule has 0 aliphatic heterocycles. The van der Waals surface area contributed by atoms with Gasteiger partial charge in [0.05, 0.1) is 0 Å². The third-order valence-electron chi connectivity index (χ3n) is 5.89. The number of ether oxygens (including phenoxy) is 1. The molecule has 0 radical (unpaired) electrons. The van der Waals surface area contributed by atoms with Crippen LogP contribution in [0.4, 0.5) is 0 Å². The quantitative estimate of drug-likeness (QED) is 0.464. The van der Waals surface area contributed by atoms with Gasteiger partial charge in [-0.1, -0.05) is 25.7 Å². The summed E-state index contributed by atoms with van der Waals surface area (Å²) in [4.78, 5) is 23.2. The van der Waals surface area contributed by atoms with E-state index in [4.69, 9.17) is 4.74 Å². The van der Waals surface area contributed by atoms with E-state index in [0.717, 1.165) is 37.7 Å². The molecule has 1 fully saturated rings. The number of hydrogen-bond acceptors (Lipinski definition) is 3. The highest BCUT2D eigenvalue weighted by molar-refractivity contribution is 5.87. The minimum atomic E-state index is -0.903. The number of carboxylic acid groups (broad SMARTS) is 1. The summed E-state index contributed by atoms with van der Waals surface area (Å²) in [5.74, 6) is -0.914. The Balaban J connectivity index is 2.11. The Morgan fingerprint density at radius 3 is 2.79 bits per heavy atom. The summed E-state index contributed by atoms with van der Waals surface area (Å²) in [7, 11) is 0. The fourth-order valence-electron chi connectivity index (χ4n) is 4.02. The normalized spacial score (nSPS) is 30.1. The molecule has 0 heterocycles. The fourth-order valence-corrected chi connectivity index (χ4v) is 4.02. The first-order valence-electron chi connectivity index (χ1n) is 8.69. The topological polar surface area (TPSA) is 63.6 Å². The molecule has 0 aromatic heterocycles. The van der Waals surface area contributed by atoms with Crippen molar-refractivity contribution in [2.75, 3.05) is 6.61 Å². The van der Waals surface area contributed by atoms with Crippen LogP contribution in [0.1, 0.15) is 52.9 Å². The molecule has 0 saturated heterocycles. The molecule has 0 amide bonds. The largest absolute Gasteiger partial charge is 0.478 e. The predicted octanol–water partition coefficient (Wildman–Crippen LogP) is 4.28. The van der Waals surface area contributed by atoms with E-state index in [9.17, 15) is 14.7 Å². The first-order valence-corrected chi connectivity index (χ1v) is 8.69. The van der Waals surface area contributed by atoms with Gasteiger partial charge >= 0.3 is 11.9 Å². The van der Waals surface area contributed by atoms with Crippen LogP contribution < -0.4 is 0 Å². The van der Waals surface area contributed by atoms with Gasteiger partial charge in [0.25, 0.3) is 0 Å². The molecule has 3 atom stereocenters. The predicted molar refractivity (Wildman–Crippen MR) is 93.4 cm³/mol. The van der Waals surface area contributed by atoms with E-state index in [2.05, 4.69) is 19.6 Å². The molecular weight excluding hydrogens is 304 g/mol. The second kappa shape index (κ2) is 7.37. The molecule has 4 heteroatoms. The van der Waals surface area contributed by atoms with Crippen LogP contribution >= 0.6 is 0 Å². The van der Waals surface area contributed by atoms with Crippen molar-refractivity contribution in [2.45, 2.75) is 52.9 Å². The molecule has 2 aliphatic carbocycles. The molecule has 132 valence electrons. The van der Waals surface area contributed by atoms with Gasteiger partial charge in [-0.2, -0.15) is 0 Å². The van der Waals surface area contributed by atoms with Crippen LogP contribution in [0.5, 0.6) is 0 Å². The fraction of sp³-hybridized carbons (Fsp3) is 0.600. The monoisotopic (exact) mass is 332 g/mol. The number of aliphatic carboxylic acids is 1. The Kier molecular flexibility index (Phi) is 5.68. The Hall–Kier alpha value is -1.84. The summed E-state index contributed by atoms with van der Waals surface area (Å²) in [5.41, 5.74) is 2.23. The van der Waals surface area contributed by atoms with E-state index in [0.29, 0.717) is 17.8 Å². The summed E-state index contributed by atoms with van der Waals surface area (Å²) < 4.78 is 5.46. The van der Waals surface area contributed by atoms with Crippen LogP contribution in [-0.4, -0.2) is 23.7 Å². The van der Waals surface area contributed by atoms with E-state index in [1.54, 1.807) is 13.0 Å². The Morgan fingerprint density at radius 1 is 1.46 bits per heavy atom. The summed E-state index contributed by atoms with van der Waals surface area (Å²) in [6.45, 7) is 9.90. The van der Waals surface area contributed by atoms with Crippen molar-refractivity contribution < 1.29 is 19.4 Å². The summed E-state index contributed by atoms with van der Waals surface area (Å²) in [5, 5.41) is 9.24. The van der Waals surface area contributed by atoms with Gasteiger partial charge in [-0.15, -0.1) is 0 Å². The van der Waals surface area contributed by atoms with E-state index >= 15 is 0 Å². The highest BCUT2D eigenvalue weighted by Crippen LogP contribution is 2.53. The first-order chi connectivity index (χ1) is 11.3. The van der Waals surface area contributed by atoms with E-state index in [1.807, 2.05) is 6.92 Å². The van der Waals surface area contributed by atoms with Gasteiger partial charge in [-0.25, -0.2) is 9.59 Å². The van der Waals surface area contributed by atoms with Crippen molar-refractivity contribution in [1.82, 2.24) is 0 Å². The molecule has 4 nitrogen and oxygen atoms in total. The van der Waals surface area contributed by atoms with Gasteiger partial charge in [0.1, 0.15) is 6.61 Å². The van der Waals surface area contributed by atoms with Crippen molar-refractivity contribution in [1.29, 1.82) is 0 Å². The lowest BCUT2D eigenvalue weighted by molar-refractivity contribution is -0.138. The minimum absolute atomic E-state index is 0.00931. The maximum atomic E-state index is 11.9. The lowest BCUT2D eigenvalue weighted by Gasteiger charge is -2.48. The van der Waals surface area contributed by atoms with Gasteiger partial charge in [-0.05, 0) is 68.8 Å². The molecule has 2 aliphatic rings. The molecule has 2 rings (SSSR count). The zero-order valence-corrected chi connectivity index (χ0v) is 14.9. The van der Waals surface area contributed by atoms with Crippen LogP contribution in [0.15, 0.2) is 35.5 Å². The number of esters is 1. The lowest BCUT2D eigenvalue weighted by Crippen LogP contribution is -2.39. The smallest absolute Gasteiger partial charge is 0.333 e. The Bertz CT molecular complexity index is 599. The lowest BCUT2D eigenvalue weighted by atomic mass is 9.57. The number of rotatable bonds is 5. The molecule has 0 bridgehead atoms. The molecular formula is C20H28O4. The average Bonchev–Trinajstić information content (AvgIpc) is 2.57. The van der Waals surface area contributed by atoms with Gasteiger partial charge < -0.3 is 9.84 Å². The maximum absolute atomic E-state index is 11.9. The molecule has 0 unspecified atom stereocenters. The number of carbonyl (C=O) groups is 2. The molecule has 0 spiro atoms. The molecule has 1 N–H and O–H groups in total. The number of hydrogen-bond donors (Lipinski definition) is 1. The number of carboxylic acids is 1. The minimum Gasteiger partial charge on any atom is -0.478 e. The second-order valence-corrected chi connectivity index (χ2v) is 7.37. The zero-order valence-electron chi connectivity index (χ0n) is 14.9. The van der Waals surface area contributed by atoms with E-state index < -0.39 is 5.97 Å². The van der Waals surface area contributed by atoms with Crippen molar-refractivity contribution in [3.63, 3.8) is 0 Å². The summed E-state index contributed by atoms with van der Waals surface area (Å²) in [6.07, 6.45) is 8.68. The first kappa shape index (κ1) is 18.5. The Morgan fingerprint density at radius 2 is 2.17 bits per heavy atom. The molecule has 0 aromatic rings. The second-order valence-electron chi connectivity index (χ2n) is 7.37. The highest BCUT2D eigenvalue weighted by Gasteiger charge is 2.44.